The summed E-state index contributed by atoms with van der Waals surface area (Å²) in [5.41, 5.74) is 6.49. The van der Waals surface area contributed by atoms with Gasteiger partial charge in [-0.3, -0.25) is 9.59 Å². The highest BCUT2D eigenvalue weighted by atomic mass is 32.1. The molecule has 2 amide bonds. The standard InChI is InChI=1S/C15H17N3O3S/c1-9-10(2)22-14(18-9)7-17-15(20)11-3-5-12(6-4-11)21-8-13(16)19/h3-6H,7-8H2,1-2H3,(H2,16,19)(H,17,20). The Morgan fingerprint density at radius 3 is 2.50 bits per heavy atom. The quantitative estimate of drug-likeness (QED) is 0.844. The summed E-state index contributed by atoms with van der Waals surface area (Å²) in [6, 6.07) is 6.50. The van der Waals surface area contributed by atoms with E-state index in [9.17, 15) is 9.59 Å². The molecule has 0 radical (unpaired) electrons. The molecule has 1 heterocycles. The van der Waals surface area contributed by atoms with E-state index in [1.54, 1.807) is 35.6 Å². The van der Waals surface area contributed by atoms with Crippen LogP contribution in [0.1, 0.15) is 25.9 Å². The van der Waals surface area contributed by atoms with Crippen molar-refractivity contribution in [2.75, 3.05) is 6.61 Å². The molecule has 0 aliphatic heterocycles. The van der Waals surface area contributed by atoms with Crippen LogP contribution in [0.2, 0.25) is 0 Å². The highest BCUT2D eigenvalue weighted by Gasteiger charge is 2.08. The normalized spacial score (nSPS) is 10.3. The molecule has 0 saturated carbocycles. The highest BCUT2D eigenvalue weighted by Crippen LogP contribution is 2.16. The lowest BCUT2D eigenvalue weighted by atomic mass is 10.2. The summed E-state index contributed by atoms with van der Waals surface area (Å²) in [5, 5.41) is 3.70. The molecule has 0 fully saturated rings. The molecule has 0 aliphatic carbocycles. The summed E-state index contributed by atoms with van der Waals surface area (Å²) in [4.78, 5) is 28.2. The molecule has 3 N–H and O–H groups in total. The zero-order valence-corrected chi connectivity index (χ0v) is 13.2. The number of amides is 2. The Morgan fingerprint density at radius 2 is 1.95 bits per heavy atom. The Hall–Kier alpha value is -2.41. The molecular weight excluding hydrogens is 302 g/mol. The summed E-state index contributed by atoms with van der Waals surface area (Å²) in [7, 11) is 0. The van der Waals surface area contributed by atoms with E-state index in [4.69, 9.17) is 10.5 Å². The van der Waals surface area contributed by atoms with E-state index in [0.717, 1.165) is 15.6 Å². The van der Waals surface area contributed by atoms with Gasteiger partial charge in [-0.1, -0.05) is 0 Å². The third-order valence-corrected chi connectivity index (χ3v) is 4.04. The molecule has 0 aliphatic rings. The van der Waals surface area contributed by atoms with Gasteiger partial charge in [0.25, 0.3) is 11.8 Å². The van der Waals surface area contributed by atoms with Crippen molar-refractivity contribution in [3.8, 4) is 5.75 Å². The molecule has 1 aromatic heterocycles. The summed E-state index contributed by atoms with van der Waals surface area (Å²) in [6.45, 7) is 4.16. The number of thiazole rings is 1. The number of hydrogen-bond acceptors (Lipinski definition) is 5. The lowest BCUT2D eigenvalue weighted by Crippen LogP contribution is -2.22. The van der Waals surface area contributed by atoms with Crippen LogP contribution < -0.4 is 15.8 Å². The minimum atomic E-state index is -0.546. The molecular formula is C15H17N3O3S. The van der Waals surface area contributed by atoms with Crippen molar-refractivity contribution < 1.29 is 14.3 Å². The van der Waals surface area contributed by atoms with Gasteiger partial charge in [0.1, 0.15) is 10.8 Å². The molecule has 6 nitrogen and oxygen atoms in total. The van der Waals surface area contributed by atoms with Crippen LogP contribution in [0.15, 0.2) is 24.3 Å². The first kappa shape index (κ1) is 16.0. The van der Waals surface area contributed by atoms with Gasteiger partial charge in [-0.15, -0.1) is 11.3 Å². The predicted molar refractivity (Wildman–Crippen MR) is 83.9 cm³/mol. The number of primary amides is 1. The number of nitrogens with one attached hydrogen (secondary N) is 1. The number of rotatable bonds is 6. The summed E-state index contributed by atoms with van der Waals surface area (Å²) in [5.74, 6) is -0.246. The third kappa shape index (κ3) is 4.29. The van der Waals surface area contributed by atoms with Crippen LogP contribution in [-0.2, 0) is 11.3 Å². The molecule has 0 saturated heterocycles. The van der Waals surface area contributed by atoms with E-state index in [2.05, 4.69) is 10.3 Å². The first-order valence-electron chi connectivity index (χ1n) is 6.68. The average molecular weight is 319 g/mol. The average Bonchev–Trinajstić information content (AvgIpc) is 2.82. The molecule has 0 unspecified atom stereocenters. The first-order chi connectivity index (χ1) is 10.5. The molecule has 0 bridgehead atoms. The van der Waals surface area contributed by atoms with Crippen LogP contribution >= 0.6 is 11.3 Å². The number of hydrogen-bond donors (Lipinski definition) is 2. The van der Waals surface area contributed by atoms with Crippen molar-refractivity contribution in [2.24, 2.45) is 5.73 Å². The molecule has 7 heteroatoms. The summed E-state index contributed by atoms with van der Waals surface area (Å²) in [6.07, 6.45) is 0. The van der Waals surface area contributed by atoms with Gasteiger partial charge in [0.2, 0.25) is 0 Å². The first-order valence-corrected chi connectivity index (χ1v) is 7.49. The van der Waals surface area contributed by atoms with Crippen molar-refractivity contribution in [3.05, 3.63) is 45.4 Å². The van der Waals surface area contributed by atoms with Crippen LogP contribution in [0, 0.1) is 13.8 Å². The Morgan fingerprint density at radius 1 is 1.27 bits per heavy atom. The largest absolute Gasteiger partial charge is 0.484 e. The molecule has 116 valence electrons. The van der Waals surface area contributed by atoms with E-state index in [-0.39, 0.29) is 12.5 Å². The molecule has 22 heavy (non-hydrogen) atoms. The van der Waals surface area contributed by atoms with Crippen LogP contribution in [0.3, 0.4) is 0 Å². The number of benzene rings is 1. The van der Waals surface area contributed by atoms with Gasteiger partial charge >= 0.3 is 0 Å². The number of aryl methyl sites for hydroxylation is 2. The van der Waals surface area contributed by atoms with Gasteiger partial charge in [0.15, 0.2) is 6.61 Å². The number of carbonyl (C=O) groups is 2. The maximum Gasteiger partial charge on any atom is 0.255 e. The SMILES string of the molecule is Cc1nc(CNC(=O)c2ccc(OCC(N)=O)cc2)sc1C. The van der Waals surface area contributed by atoms with Crippen molar-refractivity contribution in [3.63, 3.8) is 0 Å². The fraction of sp³-hybridized carbons (Fsp3) is 0.267. The Labute approximate surface area is 132 Å². The van der Waals surface area contributed by atoms with Crippen molar-refractivity contribution in [2.45, 2.75) is 20.4 Å². The summed E-state index contributed by atoms with van der Waals surface area (Å²) < 4.78 is 5.13. The molecule has 1 aromatic carbocycles. The van der Waals surface area contributed by atoms with Gasteiger partial charge in [-0.05, 0) is 38.1 Å². The van der Waals surface area contributed by atoms with Gasteiger partial charge in [-0.25, -0.2) is 4.98 Å². The van der Waals surface area contributed by atoms with E-state index in [0.29, 0.717) is 17.9 Å². The molecule has 0 spiro atoms. The number of aromatic nitrogens is 1. The van der Waals surface area contributed by atoms with Crippen molar-refractivity contribution >= 4 is 23.2 Å². The van der Waals surface area contributed by atoms with Crippen LogP contribution in [0.4, 0.5) is 0 Å². The highest BCUT2D eigenvalue weighted by molar-refractivity contribution is 7.11. The van der Waals surface area contributed by atoms with Gasteiger partial charge in [0.05, 0.1) is 12.2 Å². The second-order valence-electron chi connectivity index (χ2n) is 4.71. The number of nitrogens with zero attached hydrogens (tertiary/aromatic N) is 1. The zero-order chi connectivity index (χ0) is 16.1. The van der Waals surface area contributed by atoms with E-state index >= 15 is 0 Å². The second-order valence-corrected chi connectivity index (χ2v) is 6.00. The molecule has 2 aromatic rings. The monoisotopic (exact) mass is 319 g/mol. The van der Waals surface area contributed by atoms with Crippen molar-refractivity contribution in [1.29, 1.82) is 0 Å². The fourth-order valence-electron chi connectivity index (χ4n) is 1.73. The van der Waals surface area contributed by atoms with Gasteiger partial charge < -0.3 is 15.8 Å². The fourth-order valence-corrected chi connectivity index (χ4v) is 2.60. The number of ether oxygens (including phenoxy) is 1. The topological polar surface area (TPSA) is 94.3 Å². The number of carbonyl (C=O) groups excluding carboxylic acids is 2. The Bertz CT molecular complexity index is 660. The molecule has 2 rings (SSSR count). The van der Waals surface area contributed by atoms with Gasteiger partial charge in [0, 0.05) is 10.4 Å². The third-order valence-electron chi connectivity index (χ3n) is 2.97. The van der Waals surface area contributed by atoms with Crippen LogP contribution in [-0.4, -0.2) is 23.4 Å². The maximum absolute atomic E-state index is 12.0. The Kier molecular flexibility index (Phi) is 5.11. The maximum atomic E-state index is 12.0. The zero-order valence-electron chi connectivity index (χ0n) is 12.4. The lowest BCUT2D eigenvalue weighted by molar-refractivity contribution is -0.119. The Balaban J connectivity index is 1.90. The summed E-state index contributed by atoms with van der Waals surface area (Å²) >= 11 is 1.57. The van der Waals surface area contributed by atoms with E-state index < -0.39 is 5.91 Å². The predicted octanol–water partition coefficient (Wildman–Crippen LogP) is 1.55. The minimum absolute atomic E-state index is 0.186. The van der Waals surface area contributed by atoms with E-state index in [1.165, 1.54) is 0 Å². The molecule has 0 atom stereocenters. The minimum Gasteiger partial charge on any atom is -0.484 e. The smallest absolute Gasteiger partial charge is 0.255 e. The lowest BCUT2D eigenvalue weighted by Gasteiger charge is -2.06. The number of nitrogens with two attached hydrogens (primary N) is 1. The van der Waals surface area contributed by atoms with E-state index in [1.807, 2.05) is 13.8 Å². The van der Waals surface area contributed by atoms with Gasteiger partial charge in [-0.2, -0.15) is 0 Å². The van der Waals surface area contributed by atoms with Crippen molar-refractivity contribution in [1.82, 2.24) is 10.3 Å². The second kappa shape index (κ2) is 7.04. The van der Waals surface area contributed by atoms with Crippen LogP contribution in [0.5, 0.6) is 5.75 Å². The van der Waals surface area contributed by atoms with Crippen LogP contribution in [0.25, 0.3) is 0 Å².